The van der Waals surface area contributed by atoms with Gasteiger partial charge in [0, 0.05) is 6.42 Å². The van der Waals surface area contributed by atoms with Crippen molar-refractivity contribution in [2.45, 2.75) is 50.4 Å². The highest BCUT2D eigenvalue weighted by molar-refractivity contribution is 5.68. The van der Waals surface area contributed by atoms with Crippen molar-refractivity contribution in [2.75, 3.05) is 0 Å². The molecule has 1 fully saturated rings. The Labute approximate surface area is 122 Å². The number of hydrogen-bond donors (Lipinski definition) is 2. The van der Waals surface area contributed by atoms with Crippen LogP contribution in [0.25, 0.3) is 0 Å². The summed E-state index contributed by atoms with van der Waals surface area (Å²) in [5, 5.41) is 12.1. The molecule has 2 rings (SSSR count). The maximum absolute atomic E-state index is 13.6. The number of carbonyl (C=O) groups excluding carboxylic acids is 1. The Kier molecular flexibility index (Phi) is 4.46. The molecule has 0 spiro atoms. The van der Waals surface area contributed by atoms with Gasteiger partial charge in [-0.3, -0.25) is 0 Å². The van der Waals surface area contributed by atoms with E-state index in [0.29, 0.717) is 0 Å². The Morgan fingerprint density at radius 1 is 1.38 bits per heavy atom. The molecule has 2 N–H and O–H groups in total. The number of ether oxygens (including phenoxy) is 1. The first-order chi connectivity index (χ1) is 9.83. The molecule has 6 heteroatoms. The summed E-state index contributed by atoms with van der Waals surface area (Å²) in [6, 6.07) is 9.04. The van der Waals surface area contributed by atoms with Crippen molar-refractivity contribution in [3.8, 4) is 0 Å². The van der Waals surface area contributed by atoms with E-state index in [0.717, 1.165) is 5.56 Å². The first kappa shape index (κ1) is 15.7. The van der Waals surface area contributed by atoms with Crippen molar-refractivity contribution >= 4 is 6.09 Å². The zero-order valence-corrected chi connectivity index (χ0v) is 11.8. The van der Waals surface area contributed by atoms with Gasteiger partial charge in [0.25, 0.3) is 5.92 Å². The summed E-state index contributed by atoms with van der Waals surface area (Å²) in [7, 11) is 0. The van der Waals surface area contributed by atoms with Crippen molar-refractivity contribution in [3.63, 3.8) is 0 Å². The molecular formula is C15H19F2NO3. The van der Waals surface area contributed by atoms with Crippen LogP contribution in [0.4, 0.5) is 13.6 Å². The smallest absolute Gasteiger partial charge is 0.407 e. The lowest BCUT2D eigenvalue weighted by Gasteiger charge is -2.42. The molecule has 1 saturated carbocycles. The second kappa shape index (κ2) is 5.97. The summed E-state index contributed by atoms with van der Waals surface area (Å²) >= 11 is 0. The van der Waals surface area contributed by atoms with Crippen molar-refractivity contribution < 1.29 is 23.4 Å². The molecule has 0 bridgehead atoms. The Morgan fingerprint density at radius 2 is 2.05 bits per heavy atom. The lowest BCUT2D eigenvalue weighted by molar-refractivity contribution is -0.164. The predicted molar refractivity (Wildman–Crippen MR) is 73.0 cm³/mol. The topological polar surface area (TPSA) is 58.6 Å². The van der Waals surface area contributed by atoms with Crippen LogP contribution in [0.3, 0.4) is 0 Å². The molecule has 1 aromatic carbocycles. The molecule has 1 aliphatic rings. The zero-order chi connectivity index (χ0) is 15.5. The third-order valence-electron chi connectivity index (χ3n) is 3.81. The number of alkyl carbamates (subject to hydrolysis) is 1. The molecule has 0 radical (unpaired) electrons. The fourth-order valence-corrected chi connectivity index (χ4v) is 2.55. The van der Waals surface area contributed by atoms with Gasteiger partial charge in [0.05, 0.1) is 5.54 Å². The van der Waals surface area contributed by atoms with E-state index in [1.165, 1.54) is 6.92 Å². The number of halogens is 2. The van der Waals surface area contributed by atoms with Crippen LogP contribution in [0.5, 0.6) is 0 Å². The molecule has 0 saturated heterocycles. The van der Waals surface area contributed by atoms with Crippen molar-refractivity contribution in [2.24, 2.45) is 0 Å². The van der Waals surface area contributed by atoms with Crippen molar-refractivity contribution in [3.05, 3.63) is 35.9 Å². The van der Waals surface area contributed by atoms with Gasteiger partial charge < -0.3 is 15.2 Å². The molecule has 1 aliphatic carbocycles. The van der Waals surface area contributed by atoms with Crippen LogP contribution in [0.2, 0.25) is 0 Å². The third kappa shape index (κ3) is 3.69. The number of hydrogen-bond acceptors (Lipinski definition) is 3. The lowest BCUT2D eigenvalue weighted by Crippen LogP contribution is -2.62. The van der Waals surface area contributed by atoms with Gasteiger partial charge in [-0.05, 0) is 25.3 Å². The van der Waals surface area contributed by atoms with Crippen LogP contribution in [-0.4, -0.2) is 28.8 Å². The Balaban J connectivity index is 1.92. The van der Waals surface area contributed by atoms with E-state index in [1.807, 2.05) is 18.2 Å². The minimum atomic E-state index is -3.19. The normalized spacial score (nSPS) is 27.9. The number of nitrogens with one attached hydrogen (secondary N) is 1. The molecule has 21 heavy (non-hydrogen) atoms. The highest BCUT2D eigenvalue weighted by atomic mass is 19.3. The predicted octanol–water partition coefficient (Wildman–Crippen LogP) is 2.85. The molecule has 1 amide bonds. The molecule has 0 heterocycles. The van der Waals surface area contributed by atoms with Crippen LogP contribution in [-0.2, 0) is 11.3 Å². The van der Waals surface area contributed by atoms with Gasteiger partial charge >= 0.3 is 6.09 Å². The fourth-order valence-electron chi connectivity index (χ4n) is 2.55. The van der Waals surface area contributed by atoms with Crippen LogP contribution in [0.15, 0.2) is 30.3 Å². The molecule has 116 valence electrons. The van der Waals surface area contributed by atoms with Crippen LogP contribution in [0, 0.1) is 0 Å². The molecule has 1 aromatic rings. The second-order valence-electron chi connectivity index (χ2n) is 5.62. The number of carbonyl (C=O) groups is 1. The van der Waals surface area contributed by atoms with E-state index < -0.39 is 23.7 Å². The Morgan fingerprint density at radius 3 is 2.71 bits per heavy atom. The quantitative estimate of drug-likeness (QED) is 0.902. The van der Waals surface area contributed by atoms with Gasteiger partial charge in [0.1, 0.15) is 12.7 Å². The van der Waals surface area contributed by atoms with E-state index in [9.17, 15) is 18.7 Å². The maximum Gasteiger partial charge on any atom is 0.407 e. The second-order valence-corrected chi connectivity index (χ2v) is 5.62. The summed E-state index contributed by atoms with van der Waals surface area (Å²) in [6.07, 6.45) is -2.57. The van der Waals surface area contributed by atoms with Crippen LogP contribution in [0.1, 0.15) is 31.7 Å². The van der Waals surface area contributed by atoms with Gasteiger partial charge in [0.15, 0.2) is 0 Å². The number of aliphatic hydroxyl groups is 1. The summed E-state index contributed by atoms with van der Waals surface area (Å²) < 4.78 is 32.1. The maximum atomic E-state index is 13.6. The Bertz CT molecular complexity index is 495. The average molecular weight is 299 g/mol. The first-order valence-electron chi connectivity index (χ1n) is 6.88. The molecule has 0 aromatic heterocycles. The first-order valence-corrected chi connectivity index (χ1v) is 6.88. The van der Waals surface area contributed by atoms with Gasteiger partial charge in [0.2, 0.25) is 0 Å². The number of benzene rings is 1. The SMILES string of the molecule is C[C@]1(NC(=O)OCc2ccccc2)CCCC(F)(F)[C@@H]1O. The fraction of sp³-hybridized carbons (Fsp3) is 0.533. The summed E-state index contributed by atoms with van der Waals surface area (Å²) in [5.74, 6) is -3.19. The van der Waals surface area contributed by atoms with Crippen LogP contribution >= 0.6 is 0 Å². The van der Waals surface area contributed by atoms with Gasteiger partial charge in [-0.15, -0.1) is 0 Å². The molecule has 4 nitrogen and oxygen atoms in total. The zero-order valence-electron chi connectivity index (χ0n) is 11.8. The number of alkyl halides is 2. The van der Waals surface area contributed by atoms with E-state index in [1.54, 1.807) is 12.1 Å². The summed E-state index contributed by atoms with van der Waals surface area (Å²) in [4.78, 5) is 11.8. The molecule has 0 unspecified atom stereocenters. The standard InChI is InChI=1S/C15H19F2NO3/c1-14(8-5-9-15(16,17)12(14)19)18-13(20)21-10-11-6-3-2-4-7-11/h2-4,6-7,12,19H,5,8-10H2,1H3,(H,18,20)/t12-,14+/m1/s1. The lowest BCUT2D eigenvalue weighted by atomic mass is 9.78. The summed E-state index contributed by atoms with van der Waals surface area (Å²) in [6.45, 7) is 1.46. The van der Waals surface area contributed by atoms with Gasteiger partial charge in [-0.25, -0.2) is 13.6 Å². The van der Waals surface area contributed by atoms with E-state index in [4.69, 9.17) is 4.74 Å². The van der Waals surface area contributed by atoms with E-state index >= 15 is 0 Å². The number of aliphatic hydroxyl groups excluding tert-OH is 1. The molecule has 2 atom stereocenters. The van der Waals surface area contributed by atoms with Crippen molar-refractivity contribution in [1.82, 2.24) is 5.32 Å². The minimum Gasteiger partial charge on any atom is -0.445 e. The van der Waals surface area contributed by atoms with E-state index in [-0.39, 0.29) is 25.9 Å². The number of rotatable bonds is 3. The monoisotopic (exact) mass is 299 g/mol. The van der Waals surface area contributed by atoms with E-state index in [2.05, 4.69) is 5.32 Å². The largest absolute Gasteiger partial charge is 0.445 e. The number of amides is 1. The highest BCUT2D eigenvalue weighted by Gasteiger charge is 2.53. The average Bonchev–Trinajstić information content (AvgIpc) is 2.44. The summed E-state index contributed by atoms with van der Waals surface area (Å²) in [5.41, 5.74) is -0.581. The molecular weight excluding hydrogens is 280 g/mol. The Hall–Kier alpha value is -1.69. The third-order valence-corrected chi connectivity index (χ3v) is 3.81. The van der Waals surface area contributed by atoms with Gasteiger partial charge in [-0.1, -0.05) is 30.3 Å². The van der Waals surface area contributed by atoms with Crippen molar-refractivity contribution in [1.29, 1.82) is 0 Å². The molecule has 0 aliphatic heterocycles. The van der Waals surface area contributed by atoms with Crippen LogP contribution < -0.4 is 5.32 Å². The minimum absolute atomic E-state index is 0.0508. The van der Waals surface area contributed by atoms with Gasteiger partial charge in [-0.2, -0.15) is 0 Å². The highest BCUT2D eigenvalue weighted by Crippen LogP contribution is 2.39.